The van der Waals surface area contributed by atoms with E-state index in [1.54, 1.807) is 13.8 Å². The Morgan fingerprint density at radius 2 is 1.65 bits per heavy atom. The van der Waals surface area contributed by atoms with Gasteiger partial charge < -0.3 is 24.3 Å². The van der Waals surface area contributed by atoms with Gasteiger partial charge in [-0.05, 0) is 45.4 Å². The van der Waals surface area contributed by atoms with Crippen LogP contribution < -0.4 is 5.32 Å². The summed E-state index contributed by atoms with van der Waals surface area (Å²) in [5, 5.41) is 3.26. The molecular formula is C30H31NO6. The lowest BCUT2D eigenvalue weighted by atomic mass is 9.84. The number of benzene rings is 2. The standard InChI is InChI=1S/C30H31NO6/c1-5-34-29(33)26-24(17-16-21-12-8-6-9-13-21)25(20(2)31-27(26)22-14-10-7-11-15-22)28(32)35-18-23-19-36-30(3,4)37-23/h6-15,23-24,31H,5,18-19H2,1-4H3/t23-,24+/m0/s1. The van der Waals surface area contributed by atoms with Gasteiger partial charge in [0, 0.05) is 11.3 Å². The van der Waals surface area contributed by atoms with Crippen LogP contribution in [0.15, 0.2) is 77.5 Å². The molecule has 0 saturated carbocycles. The number of ether oxygens (including phenoxy) is 4. The summed E-state index contributed by atoms with van der Waals surface area (Å²) in [6.45, 7) is 7.65. The van der Waals surface area contributed by atoms with E-state index in [9.17, 15) is 9.59 Å². The average Bonchev–Trinajstić information content (AvgIpc) is 3.25. The molecule has 2 heterocycles. The molecule has 2 aliphatic rings. The van der Waals surface area contributed by atoms with Crippen molar-refractivity contribution in [1.82, 2.24) is 5.32 Å². The van der Waals surface area contributed by atoms with Crippen LogP contribution in [0.5, 0.6) is 0 Å². The lowest BCUT2D eigenvalue weighted by Crippen LogP contribution is -2.34. The number of dihydropyridines is 1. The second kappa shape index (κ2) is 11.5. The normalized spacial score (nSPS) is 20.5. The van der Waals surface area contributed by atoms with Gasteiger partial charge in [-0.15, -0.1) is 0 Å². The zero-order valence-corrected chi connectivity index (χ0v) is 21.5. The molecule has 4 rings (SSSR count). The zero-order chi connectivity index (χ0) is 26.4. The Morgan fingerprint density at radius 3 is 2.27 bits per heavy atom. The van der Waals surface area contributed by atoms with Crippen LogP contribution in [0.4, 0.5) is 0 Å². The number of hydrogen-bond acceptors (Lipinski definition) is 7. The molecule has 2 atom stereocenters. The largest absolute Gasteiger partial charge is 0.463 e. The van der Waals surface area contributed by atoms with Crippen LogP contribution in [0.3, 0.4) is 0 Å². The van der Waals surface area contributed by atoms with E-state index in [2.05, 4.69) is 17.2 Å². The highest BCUT2D eigenvalue weighted by atomic mass is 16.7. The highest BCUT2D eigenvalue weighted by Crippen LogP contribution is 2.35. The molecular weight excluding hydrogens is 470 g/mol. The molecule has 1 fully saturated rings. The Labute approximate surface area is 217 Å². The Hall–Kier alpha value is -3.86. The number of carbonyl (C=O) groups is 2. The first-order chi connectivity index (χ1) is 17.8. The predicted molar refractivity (Wildman–Crippen MR) is 139 cm³/mol. The van der Waals surface area contributed by atoms with Gasteiger partial charge in [-0.3, -0.25) is 0 Å². The van der Waals surface area contributed by atoms with Gasteiger partial charge >= 0.3 is 11.9 Å². The summed E-state index contributed by atoms with van der Waals surface area (Å²) in [4.78, 5) is 26.8. The highest BCUT2D eigenvalue weighted by Gasteiger charge is 2.39. The quantitative estimate of drug-likeness (QED) is 0.469. The molecule has 7 heteroatoms. The molecule has 0 spiro atoms. The maximum Gasteiger partial charge on any atom is 0.337 e. The first kappa shape index (κ1) is 26.2. The van der Waals surface area contributed by atoms with E-state index in [1.165, 1.54) is 0 Å². The van der Waals surface area contributed by atoms with Crippen molar-refractivity contribution >= 4 is 17.6 Å². The fraction of sp³-hybridized carbons (Fsp3) is 0.333. The van der Waals surface area contributed by atoms with Crippen LogP contribution in [-0.2, 0) is 28.5 Å². The summed E-state index contributed by atoms with van der Waals surface area (Å²) in [7, 11) is 0. The van der Waals surface area contributed by atoms with Crippen LogP contribution in [0, 0.1) is 17.8 Å². The van der Waals surface area contributed by atoms with Gasteiger partial charge in [0.2, 0.25) is 0 Å². The van der Waals surface area contributed by atoms with E-state index in [1.807, 2.05) is 74.5 Å². The number of hydrogen-bond donors (Lipinski definition) is 1. The molecule has 0 amide bonds. The third-order valence-corrected chi connectivity index (χ3v) is 5.94. The van der Waals surface area contributed by atoms with Gasteiger partial charge in [0.15, 0.2) is 5.79 Å². The average molecular weight is 502 g/mol. The van der Waals surface area contributed by atoms with E-state index >= 15 is 0 Å². The highest BCUT2D eigenvalue weighted by molar-refractivity contribution is 6.04. The van der Waals surface area contributed by atoms with Crippen molar-refractivity contribution in [1.29, 1.82) is 0 Å². The molecule has 2 aromatic carbocycles. The van der Waals surface area contributed by atoms with Crippen molar-refractivity contribution in [2.24, 2.45) is 5.92 Å². The summed E-state index contributed by atoms with van der Waals surface area (Å²) in [5.74, 6) is 3.55. The maximum atomic E-state index is 13.5. The zero-order valence-electron chi connectivity index (χ0n) is 21.5. The molecule has 37 heavy (non-hydrogen) atoms. The molecule has 0 radical (unpaired) electrons. The first-order valence-corrected chi connectivity index (χ1v) is 12.3. The minimum Gasteiger partial charge on any atom is -0.463 e. The summed E-state index contributed by atoms with van der Waals surface area (Å²) in [6.07, 6.45) is -0.384. The third-order valence-electron chi connectivity index (χ3n) is 5.94. The first-order valence-electron chi connectivity index (χ1n) is 12.3. The molecule has 0 aliphatic carbocycles. The summed E-state index contributed by atoms with van der Waals surface area (Å²) in [5.41, 5.74) is 3.15. The number of carbonyl (C=O) groups excluding carboxylic acids is 2. The van der Waals surface area contributed by atoms with E-state index in [0.29, 0.717) is 18.0 Å². The number of esters is 2. The second-order valence-corrected chi connectivity index (χ2v) is 9.16. The van der Waals surface area contributed by atoms with E-state index in [-0.39, 0.29) is 30.5 Å². The van der Waals surface area contributed by atoms with Gasteiger partial charge in [-0.1, -0.05) is 60.4 Å². The van der Waals surface area contributed by atoms with Gasteiger partial charge in [0.1, 0.15) is 12.7 Å². The van der Waals surface area contributed by atoms with Crippen molar-refractivity contribution in [2.75, 3.05) is 19.8 Å². The Kier molecular flexibility index (Phi) is 8.12. The molecule has 0 aromatic heterocycles. The lowest BCUT2D eigenvalue weighted by molar-refractivity contribution is -0.155. The van der Waals surface area contributed by atoms with Gasteiger partial charge in [-0.2, -0.15) is 0 Å². The van der Waals surface area contributed by atoms with Crippen LogP contribution in [-0.4, -0.2) is 43.7 Å². The monoisotopic (exact) mass is 501 g/mol. The summed E-state index contributed by atoms with van der Waals surface area (Å²) < 4.78 is 22.4. The third kappa shape index (κ3) is 6.29. The topological polar surface area (TPSA) is 83.1 Å². The maximum absolute atomic E-state index is 13.5. The van der Waals surface area contributed by atoms with Gasteiger partial charge in [0.05, 0.1) is 36.0 Å². The fourth-order valence-electron chi connectivity index (χ4n) is 4.27. The molecule has 192 valence electrons. The summed E-state index contributed by atoms with van der Waals surface area (Å²) in [6, 6.07) is 18.8. The molecule has 1 N–H and O–H groups in total. The van der Waals surface area contributed by atoms with Crippen molar-refractivity contribution in [3.8, 4) is 11.8 Å². The van der Waals surface area contributed by atoms with Crippen LogP contribution in [0.2, 0.25) is 0 Å². The second-order valence-electron chi connectivity index (χ2n) is 9.16. The summed E-state index contributed by atoms with van der Waals surface area (Å²) >= 11 is 0. The fourth-order valence-corrected chi connectivity index (χ4v) is 4.27. The van der Waals surface area contributed by atoms with Crippen LogP contribution in [0.25, 0.3) is 5.70 Å². The SMILES string of the molecule is CCOC(=O)C1=C(c2ccccc2)NC(C)=C(C(=O)OC[C@H]2COC(C)(C)O2)[C@H]1C#Cc1ccccc1. The number of allylic oxidation sites excluding steroid dienone is 1. The Bertz CT molecular complexity index is 1270. The molecule has 2 aliphatic heterocycles. The number of nitrogens with one attached hydrogen (secondary N) is 1. The lowest BCUT2D eigenvalue weighted by Gasteiger charge is -2.29. The van der Waals surface area contributed by atoms with E-state index in [4.69, 9.17) is 18.9 Å². The van der Waals surface area contributed by atoms with E-state index in [0.717, 1.165) is 11.1 Å². The Morgan fingerprint density at radius 1 is 1.00 bits per heavy atom. The predicted octanol–water partition coefficient (Wildman–Crippen LogP) is 4.20. The van der Waals surface area contributed by atoms with Gasteiger partial charge in [0.25, 0.3) is 0 Å². The van der Waals surface area contributed by atoms with Crippen LogP contribution >= 0.6 is 0 Å². The van der Waals surface area contributed by atoms with Crippen molar-refractivity contribution in [3.63, 3.8) is 0 Å². The minimum absolute atomic E-state index is 0.0157. The van der Waals surface area contributed by atoms with Gasteiger partial charge in [-0.25, -0.2) is 9.59 Å². The molecule has 0 bridgehead atoms. The number of rotatable bonds is 6. The smallest absolute Gasteiger partial charge is 0.337 e. The Balaban J connectivity index is 1.74. The van der Waals surface area contributed by atoms with Crippen molar-refractivity contribution in [3.05, 3.63) is 88.6 Å². The molecule has 0 unspecified atom stereocenters. The van der Waals surface area contributed by atoms with Crippen molar-refractivity contribution < 1.29 is 28.5 Å². The molecule has 2 aromatic rings. The van der Waals surface area contributed by atoms with Crippen LogP contribution in [0.1, 0.15) is 38.8 Å². The van der Waals surface area contributed by atoms with Crippen molar-refractivity contribution in [2.45, 2.75) is 39.6 Å². The van der Waals surface area contributed by atoms with E-state index < -0.39 is 23.6 Å². The minimum atomic E-state index is -0.875. The molecule has 1 saturated heterocycles. The molecule has 7 nitrogen and oxygen atoms in total.